The van der Waals surface area contributed by atoms with Gasteiger partial charge < -0.3 is 4.57 Å². The summed E-state index contributed by atoms with van der Waals surface area (Å²) in [5.74, 6) is 0.818. The first-order valence-electron chi connectivity index (χ1n) is 17.4. The van der Waals surface area contributed by atoms with Crippen molar-refractivity contribution in [2.45, 2.75) is 0 Å². The molecule has 0 aliphatic heterocycles. The van der Waals surface area contributed by atoms with E-state index in [1.807, 2.05) is 0 Å². The normalized spacial score (nSPS) is 12.3. The van der Waals surface area contributed by atoms with Crippen LogP contribution in [0.1, 0.15) is 0 Å². The van der Waals surface area contributed by atoms with Gasteiger partial charge in [0.05, 0.1) is 38.6 Å². The van der Waals surface area contributed by atoms with E-state index in [0.717, 1.165) is 50.3 Å². The van der Waals surface area contributed by atoms with Gasteiger partial charge in [0.1, 0.15) is 5.65 Å². The van der Waals surface area contributed by atoms with Crippen LogP contribution in [0.25, 0.3) is 104 Å². The predicted octanol–water partition coefficient (Wildman–Crippen LogP) is 11.5. The average molecular weight is 650 g/mol. The minimum Gasteiger partial charge on any atom is -0.308 e. The number of hydrogen-bond donors (Lipinski definition) is 0. The number of para-hydroxylation sites is 4. The van der Waals surface area contributed by atoms with Gasteiger partial charge in [0.2, 0.25) is 5.95 Å². The van der Waals surface area contributed by atoms with Crippen LogP contribution in [-0.4, -0.2) is 23.5 Å². The topological polar surface area (TPSA) is 40.0 Å². The molecule has 0 saturated heterocycles. The number of nitrogens with zero attached hydrogens (tertiary/aromatic N) is 5. The summed E-state index contributed by atoms with van der Waals surface area (Å²) in [4.78, 5) is 10.6. The summed E-state index contributed by atoms with van der Waals surface area (Å²) in [6.45, 7) is 0. The second kappa shape index (κ2) is 9.80. The molecule has 0 radical (unpaired) electrons. The fourth-order valence-corrected chi connectivity index (χ4v) is 8.59. The maximum atomic E-state index is 5.42. The van der Waals surface area contributed by atoms with E-state index in [2.05, 4.69) is 177 Å². The second-order valence-corrected chi connectivity index (χ2v) is 13.4. The third-order valence-electron chi connectivity index (χ3n) is 10.8. The van der Waals surface area contributed by atoms with Gasteiger partial charge in [0.25, 0.3) is 0 Å². The van der Waals surface area contributed by atoms with Crippen LogP contribution in [0.3, 0.4) is 0 Å². The highest BCUT2D eigenvalue weighted by Crippen LogP contribution is 2.41. The molecule has 4 aromatic heterocycles. The molecule has 8 aromatic carbocycles. The Morgan fingerprint density at radius 1 is 0.353 bits per heavy atom. The van der Waals surface area contributed by atoms with Crippen LogP contribution >= 0.6 is 0 Å². The molecule has 51 heavy (non-hydrogen) atoms. The van der Waals surface area contributed by atoms with Crippen LogP contribution in [0.4, 0.5) is 0 Å². The molecular formula is C46H27N5. The highest BCUT2D eigenvalue weighted by Gasteiger charge is 2.22. The minimum absolute atomic E-state index is 0.818. The molecule has 0 fully saturated rings. The highest BCUT2D eigenvalue weighted by atomic mass is 15.2. The van der Waals surface area contributed by atoms with E-state index >= 15 is 0 Å². The molecule has 12 aromatic rings. The van der Waals surface area contributed by atoms with Gasteiger partial charge in [0, 0.05) is 43.4 Å². The molecule has 0 saturated carbocycles. The van der Waals surface area contributed by atoms with E-state index in [1.54, 1.807) is 0 Å². The summed E-state index contributed by atoms with van der Waals surface area (Å²) in [5.41, 5.74) is 9.52. The Kier molecular flexibility index (Phi) is 5.17. The van der Waals surface area contributed by atoms with Gasteiger partial charge in [-0.3, -0.25) is 8.97 Å². The largest absolute Gasteiger partial charge is 0.308 e. The maximum Gasteiger partial charge on any atom is 0.221 e. The highest BCUT2D eigenvalue weighted by molar-refractivity contribution is 6.24. The minimum atomic E-state index is 0.818. The fraction of sp³-hybridized carbons (Fsp3) is 0. The lowest BCUT2D eigenvalue weighted by atomic mass is 10.0. The molecule has 0 unspecified atom stereocenters. The SMILES string of the molecule is c1ccc2c(c1)ccc1c3ccc4ccccc4c3n(-c3ccc4c5ccccc5n(-c5nc6ccccc6c6nc7ccccc7n56)c4c3)c21. The predicted molar refractivity (Wildman–Crippen MR) is 212 cm³/mol. The summed E-state index contributed by atoms with van der Waals surface area (Å²) >= 11 is 0. The summed E-state index contributed by atoms with van der Waals surface area (Å²) < 4.78 is 7.07. The smallest absolute Gasteiger partial charge is 0.221 e. The lowest BCUT2D eigenvalue weighted by Gasteiger charge is -2.14. The van der Waals surface area contributed by atoms with Gasteiger partial charge in [0.15, 0.2) is 0 Å². The number of benzene rings is 8. The molecule has 5 heteroatoms. The Morgan fingerprint density at radius 2 is 0.902 bits per heavy atom. The van der Waals surface area contributed by atoms with Crippen molar-refractivity contribution >= 4 is 92.7 Å². The third kappa shape index (κ3) is 3.54. The summed E-state index contributed by atoms with van der Waals surface area (Å²) in [6, 6.07) is 58.9. The number of imidazole rings is 1. The first-order valence-corrected chi connectivity index (χ1v) is 17.4. The van der Waals surface area contributed by atoms with Crippen LogP contribution in [0, 0.1) is 0 Å². The Balaban J connectivity index is 1.28. The molecule has 0 bridgehead atoms. The van der Waals surface area contributed by atoms with E-state index in [1.165, 1.54) is 54.1 Å². The summed E-state index contributed by atoms with van der Waals surface area (Å²) in [7, 11) is 0. The lowest BCUT2D eigenvalue weighted by Crippen LogP contribution is -2.06. The van der Waals surface area contributed by atoms with Crippen molar-refractivity contribution in [3.8, 4) is 11.6 Å². The van der Waals surface area contributed by atoms with Gasteiger partial charge in [-0.1, -0.05) is 121 Å². The molecule has 0 spiro atoms. The molecule has 236 valence electrons. The molecule has 4 heterocycles. The molecule has 0 aliphatic rings. The van der Waals surface area contributed by atoms with Gasteiger partial charge in [-0.2, -0.15) is 0 Å². The molecule has 0 N–H and O–H groups in total. The molecular weight excluding hydrogens is 623 g/mol. The van der Waals surface area contributed by atoms with Crippen LogP contribution in [0.15, 0.2) is 164 Å². The van der Waals surface area contributed by atoms with Gasteiger partial charge >= 0.3 is 0 Å². The molecule has 5 nitrogen and oxygen atoms in total. The second-order valence-electron chi connectivity index (χ2n) is 13.4. The van der Waals surface area contributed by atoms with Crippen LogP contribution in [-0.2, 0) is 0 Å². The monoisotopic (exact) mass is 649 g/mol. The zero-order valence-electron chi connectivity index (χ0n) is 27.3. The van der Waals surface area contributed by atoms with E-state index in [-0.39, 0.29) is 0 Å². The Labute approximate surface area is 290 Å². The number of aromatic nitrogens is 5. The zero-order chi connectivity index (χ0) is 33.2. The maximum absolute atomic E-state index is 5.42. The fourth-order valence-electron chi connectivity index (χ4n) is 8.59. The first-order chi connectivity index (χ1) is 25.3. The van der Waals surface area contributed by atoms with E-state index in [9.17, 15) is 0 Å². The molecule has 0 atom stereocenters. The van der Waals surface area contributed by atoms with Crippen LogP contribution in [0.2, 0.25) is 0 Å². The number of rotatable bonds is 2. The van der Waals surface area contributed by atoms with Gasteiger partial charge in [-0.15, -0.1) is 0 Å². The van der Waals surface area contributed by atoms with Crippen molar-refractivity contribution < 1.29 is 0 Å². The van der Waals surface area contributed by atoms with Crippen LogP contribution in [0.5, 0.6) is 0 Å². The van der Waals surface area contributed by atoms with Crippen molar-refractivity contribution in [2.24, 2.45) is 0 Å². The van der Waals surface area contributed by atoms with Crippen molar-refractivity contribution in [1.29, 1.82) is 0 Å². The molecule has 0 amide bonds. The van der Waals surface area contributed by atoms with Crippen molar-refractivity contribution in [3.63, 3.8) is 0 Å². The third-order valence-corrected chi connectivity index (χ3v) is 10.8. The standard InChI is InChI=1S/C46H27N5/c1-3-13-31-28(11-1)21-24-35-36-25-22-29-12-2-4-14-32(29)44(36)49(43(31)35)30-23-26-34-33-15-6-9-19-40(33)50(42(34)27-30)46-48-38-17-7-5-16-37(38)45-47-39-18-8-10-20-41(39)51(45)46/h1-27H. The van der Waals surface area contributed by atoms with Gasteiger partial charge in [-0.05, 0) is 53.2 Å². The lowest BCUT2D eigenvalue weighted by molar-refractivity contribution is 0.978. The molecule has 12 rings (SSSR count). The van der Waals surface area contributed by atoms with Crippen molar-refractivity contribution in [1.82, 2.24) is 23.5 Å². The summed E-state index contributed by atoms with van der Waals surface area (Å²) in [6.07, 6.45) is 0. The van der Waals surface area contributed by atoms with Crippen molar-refractivity contribution in [3.05, 3.63) is 164 Å². The van der Waals surface area contributed by atoms with E-state index in [0.29, 0.717) is 0 Å². The Hall–Kier alpha value is -6.98. The Morgan fingerprint density at radius 3 is 1.63 bits per heavy atom. The zero-order valence-corrected chi connectivity index (χ0v) is 27.3. The molecule has 0 aliphatic carbocycles. The van der Waals surface area contributed by atoms with E-state index < -0.39 is 0 Å². The van der Waals surface area contributed by atoms with Gasteiger partial charge in [-0.25, -0.2) is 9.97 Å². The average Bonchev–Trinajstić information content (AvgIpc) is 3.86. The number of hydrogen-bond acceptors (Lipinski definition) is 2. The number of fused-ring (bicyclic) bond motifs is 15. The quantitative estimate of drug-likeness (QED) is 0.187. The first kappa shape index (κ1) is 26.9. The van der Waals surface area contributed by atoms with Crippen molar-refractivity contribution in [2.75, 3.05) is 0 Å². The summed E-state index contributed by atoms with van der Waals surface area (Å²) in [5, 5.41) is 10.8. The Bertz CT molecular complexity index is 3340. The van der Waals surface area contributed by atoms with Crippen LogP contribution < -0.4 is 0 Å². The van der Waals surface area contributed by atoms with E-state index in [4.69, 9.17) is 9.97 Å².